The summed E-state index contributed by atoms with van der Waals surface area (Å²) >= 11 is 0. The molecule has 1 aromatic carbocycles. The van der Waals surface area contributed by atoms with Crippen molar-refractivity contribution in [1.82, 2.24) is 0 Å². The Morgan fingerprint density at radius 2 is 1.53 bits per heavy atom. The van der Waals surface area contributed by atoms with Crippen LogP contribution in [-0.2, 0) is 9.53 Å². The van der Waals surface area contributed by atoms with Crippen LogP contribution in [0.5, 0.6) is 5.75 Å². The van der Waals surface area contributed by atoms with Gasteiger partial charge in [0.2, 0.25) is 0 Å². The SMILES string of the molecule is CCCCCCCCCCCCCCOc1cccc(NCC)c1.O=C1CC=CO1. The lowest BCUT2D eigenvalue weighted by Crippen LogP contribution is -1.99. The monoisotopic (exact) mass is 417 g/mol. The molecule has 0 aliphatic carbocycles. The zero-order chi connectivity index (χ0) is 21.7. The molecule has 1 N–H and O–H groups in total. The van der Waals surface area contributed by atoms with Crippen LogP contribution in [0, 0.1) is 0 Å². The van der Waals surface area contributed by atoms with E-state index in [1.807, 2.05) is 6.07 Å². The van der Waals surface area contributed by atoms with Crippen LogP contribution in [0.25, 0.3) is 0 Å². The van der Waals surface area contributed by atoms with Gasteiger partial charge in [-0.3, -0.25) is 4.79 Å². The standard InChI is InChI=1S/C22H39NO.C4H4O2/c1-3-5-6-7-8-9-10-11-12-13-14-15-19-24-22-18-16-17-21(20-22)23-4-2;5-4-2-1-3-6-4/h16-18,20,23H,3-15,19H2,1-2H3;1,3H,2H2. The Balaban J connectivity index is 0.000000637. The van der Waals surface area contributed by atoms with Crippen molar-refractivity contribution in [2.75, 3.05) is 18.5 Å². The lowest BCUT2D eigenvalue weighted by atomic mass is 10.1. The van der Waals surface area contributed by atoms with Crippen molar-refractivity contribution >= 4 is 11.7 Å². The van der Waals surface area contributed by atoms with Crippen LogP contribution in [0.15, 0.2) is 36.6 Å². The number of ether oxygens (including phenoxy) is 2. The topological polar surface area (TPSA) is 47.6 Å². The van der Waals surface area contributed by atoms with Crippen molar-refractivity contribution < 1.29 is 14.3 Å². The number of hydrogen-bond donors (Lipinski definition) is 1. The molecule has 30 heavy (non-hydrogen) atoms. The van der Waals surface area contributed by atoms with Gasteiger partial charge in [-0.05, 0) is 31.6 Å². The Labute approximate surface area is 184 Å². The summed E-state index contributed by atoms with van der Waals surface area (Å²) in [4.78, 5) is 9.96. The third-order valence-corrected chi connectivity index (χ3v) is 5.06. The minimum atomic E-state index is -0.157. The van der Waals surface area contributed by atoms with Gasteiger partial charge in [0.05, 0.1) is 19.3 Å². The minimum Gasteiger partial charge on any atom is -0.494 e. The number of rotatable bonds is 16. The second-order valence-electron chi connectivity index (χ2n) is 7.86. The molecule has 1 aliphatic heterocycles. The molecule has 0 bridgehead atoms. The maximum atomic E-state index is 9.96. The fraction of sp³-hybridized carbons (Fsp3) is 0.654. The van der Waals surface area contributed by atoms with Crippen LogP contribution in [0.4, 0.5) is 5.69 Å². The summed E-state index contributed by atoms with van der Waals surface area (Å²) in [6.07, 6.45) is 20.1. The average Bonchev–Trinajstić information content (AvgIpc) is 3.23. The lowest BCUT2D eigenvalue weighted by molar-refractivity contribution is -0.135. The van der Waals surface area contributed by atoms with E-state index in [0.717, 1.165) is 24.6 Å². The summed E-state index contributed by atoms with van der Waals surface area (Å²) in [6, 6.07) is 8.26. The molecule has 0 saturated carbocycles. The summed E-state index contributed by atoms with van der Waals surface area (Å²) < 4.78 is 10.2. The first kappa shape index (κ1) is 26.1. The molecule has 0 atom stereocenters. The van der Waals surface area contributed by atoms with E-state index in [4.69, 9.17) is 4.74 Å². The highest BCUT2D eigenvalue weighted by Crippen LogP contribution is 2.18. The second-order valence-corrected chi connectivity index (χ2v) is 7.86. The van der Waals surface area contributed by atoms with Crippen LogP contribution < -0.4 is 10.1 Å². The zero-order valence-corrected chi connectivity index (χ0v) is 19.3. The van der Waals surface area contributed by atoms with Crippen molar-refractivity contribution in [2.45, 2.75) is 97.3 Å². The molecule has 1 aliphatic rings. The van der Waals surface area contributed by atoms with Crippen molar-refractivity contribution in [3.63, 3.8) is 0 Å². The molecule has 0 aromatic heterocycles. The minimum absolute atomic E-state index is 0.157. The highest BCUT2D eigenvalue weighted by atomic mass is 16.5. The lowest BCUT2D eigenvalue weighted by Gasteiger charge is -2.08. The van der Waals surface area contributed by atoms with Crippen LogP contribution in [0.1, 0.15) is 97.3 Å². The predicted octanol–water partition coefficient (Wildman–Crippen LogP) is 7.65. The Bertz CT molecular complexity index is 561. The summed E-state index contributed by atoms with van der Waals surface area (Å²) in [6.45, 7) is 6.18. The fourth-order valence-corrected chi connectivity index (χ4v) is 3.35. The van der Waals surface area contributed by atoms with E-state index in [2.05, 4.69) is 42.1 Å². The summed E-state index contributed by atoms with van der Waals surface area (Å²) in [5, 5.41) is 3.32. The number of esters is 1. The maximum absolute atomic E-state index is 9.96. The number of benzene rings is 1. The van der Waals surface area contributed by atoms with Gasteiger partial charge in [0, 0.05) is 18.3 Å². The molecule has 1 heterocycles. The third kappa shape index (κ3) is 14.9. The van der Waals surface area contributed by atoms with Gasteiger partial charge in [0.1, 0.15) is 5.75 Å². The summed E-state index contributed by atoms with van der Waals surface area (Å²) in [5.41, 5.74) is 1.14. The average molecular weight is 418 g/mol. The number of carbonyl (C=O) groups is 1. The molecule has 0 spiro atoms. The van der Waals surface area contributed by atoms with Gasteiger partial charge in [0.15, 0.2) is 0 Å². The van der Waals surface area contributed by atoms with Crippen molar-refractivity contribution in [3.05, 3.63) is 36.6 Å². The van der Waals surface area contributed by atoms with Gasteiger partial charge in [-0.15, -0.1) is 0 Å². The van der Waals surface area contributed by atoms with Gasteiger partial charge in [0.25, 0.3) is 0 Å². The van der Waals surface area contributed by atoms with E-state index < -0.39 is 0 Å². The van der Waals surface area contributed by atoms with E-state index in [9.17, 15) is 4.79 Å². The first-order valence-corrected chi connectivity index (χ1v) is 12.1. The van der Waals surface area contributed by atoms with Gasteiger partial charge >= 0.3 is 5.97 Å². The highest BCUT2D eigenvalue weighted by molar-refractivity contribution is 5.73. The normalized spacial score (nSPS) is 12.3. The molecule has 4 heteroatoms. The van der Waals surface area contributed by atoms with Crippen LogP contribution in [0.3, 0.4) is 0 Å². The molecular weight excluding hydrogens is 374 g/mol. The molecule has 0 fully saturated rings. The van der Waals surface area contributed by atoms with Gasteiger partial charge in [-0.25, -0.2) is 0 Å². The molecule has 4 nitrogen and oxygen atoms in total. The molecular formula is C26H43NO3. The summed E-state index contributed by atoms with van der Waals surface area (Å²) in [5.74, 6) is 0.825. The Hall–Kier alpha value is -1.97. The van der Waals surface area contributed by atoms with Gasteiger partial charge < -0.3 is 14.8 Å². The van der Waals surface area contributed by atoms with E-state index in [0.29, 0.717) is 6.42 Å². The number of cyclic esters (lactones) is 1. The number of carbonyl (C=O) groups excluding carboxylic acids is 1. The number of unbranched alkanes of at least 4 members (excludes halogenated alkanes) is 11. The summed E-state index contributed by atoms with van der Waals surface area (Å²) in [7, 11) is 0. The number of anilines is 1. The largest absolute Gasteiger partial charge is 0.494 e. The van der Waals surface area contributed by atoms with E-state index in [1.54, 1.807) is 6.08 Å². The fourth-order valence-electron chi connectivity index (χ4n) is 3.35. The predicted molar refractivity (Wildman–Crippen MR) is 127 cm³/mol. The first-order valence-electron chi connectivity index (χ1n) is 12.1. The Morgan fingerprint density at radius 1 is 0.900 bits per heavy atom. The first-order chi connectivity index (χ1) is 14.8. The molecule has 0 unspecified atom stereocenters. The molecule has 0 radical (unpaired) electrons. The van der Waals surface area contributed by atoms with E-state index in [-0.39, 0.29) is 5.97 Å². The van der Waals surface area contributed by atoms with Crippen molar-refractivity contribution in [1.29, 1.82) is 0 Å². The Morgan fingerprint density at radius 3 is 2.03 bits per heavy atom. The molecule has 1 aromatic rings. The zero-order valence-electron chi connectivity index (χ0n) is 19.3. The van der Waals surface area contributed by atoms with E-state index in [1.165, 1.54) is 83.3 Å². The molecule has 0 amide bonds. The number of nitrogens with one attached hydrogen (secondary N) is 1. The van der Waals surface area contributed by atoms with Crippen LogP contribution in [0.2, 0.25) is 0 Å². The maximum Gasteiger partial charge on any atom is 0.314 e. The quantitative estimate of drug-likeness (QED) is 0.222. The van der Waals surface area contributed by atoms with Crippen molar-refractivity contribution in [3.8, 4) is 5.75 Å². The second kappa shape index (κ2) is 19.0. The van der Waals surface area contributed by atoms with Crippen molar-refractivity contribution in [2.24, 2.45) is 0 Å². The van der Waals surface area contributed by atoms with Gasteiger partial charge in [-0.1, -0.05) is 83.6 Å². The highest BCUT2D eigenvalue weighted by Gasteiger charge is 2.01. The molecule has 2 rings (SSSR count). The van der Waals surface area contributed by atoms with Gasteiger partial charge in [-0.2, -0.15) is 0 Å². The van der Waals surface area contributed by atoms with Crippen LogP contribution >= 0.6 is 0 Å². The molecule has 170 valence electrons. The van der Waals surface area contributed by atoms with Crippen LogP contribution in [-0.4, -0.2) is 19.1 Å². The number of hydrogen-bond acceptors (Lipinski definition) is 4. The molecule has 0 saturated heterocycles. The third-order valence-electron chi connectivity index (χ3n) is 5.06. The Kier molecular flexibility index (Phi) is 16.5. The smallest absolute Gasteiger partial charge is 0.314 e. The van der Waals surface area contributed by atoms with E-state index >= 15 is 0 Å².